The highest BCUT2D eigenvalue weighted by molar-refractivity contribution is 5.83. The van der Waals surface area contributed by atoms with E-state index >= 15 is 0 Å². The lowest BCUT2D eigenvalue weighted by molar-refractivity contribution is 0.195. The fraction of sp³-hybridized carbons (Fsp3) is 0.643. The van der Waals surface area contributed by atoms with Crippen LogP contribution in [0.2, 0.25) is 0 Å². The first kappa shape index (κ1) is 13.3. The molecule has 1 saturated heterocycles. The van der Waals surface area contributed by atoms with Gasteiger partial charge in [0.25, 0.3) is 5.56 Å². The Morgan fingerprint density at radius 2 is 2.30 bits per heavy atom. The monoisotopic (exact) mass is 276 g/mol. The van der Waals surface area contributed by atoms with Crippen LogP contribution < -0.4 is 10.9 Å². The average molecular weight is 276 g/mol. The van der Waals surface area contributed by atoms with Crippen LogP contribution in [0.15, 0.2) is 4.79 Å². The third kappa shape index (κ3) is 2.75. The maximum atomic E-state index is 12.0. The van der Waals surface area contributed by atoms with Crippen LogP contribution in [-0.4, -0.2) is 35.4 Å². The summed E-state index contributed by atoms with van der Waals surface area (Å²) in [4.78, 5) is 19.4. The van der Waals surface area contributed by atoms with Gasteiger partial charge in [0, 0.05) is 19.2 Å². The largest absolute Gasteiger partial charge is 0.379 e. The molecule has 2 fully saturated rings. The van der Waals surface area contributed by atoms with Gasteiger partial charge >= 0.3 is 0 Å². The summed E-state index contributed by atoms with van der Waals surface area (Å²) in [6.07, 6.45) is 6.51. The summed E-state index contributed by atoms with van der Waals surface area (Å²) in [5.74, 6) is 1.90. The van der Waals surface area contributed by atoms with E-state index in [4.69, 9.17) is 10.1 Å². The molecule has 1 atom stereocenters. The molecule has 2 heterocycles. The smallest absolute Gasteiger partial charge is 0.261 e. The van der Waals surface area contributed by atoms with Gasteiger partial charge in [0.1, 0.15) is 11.6 Å². The molecule has 0 spiro atoms. The third-order valence-corrected chi connectivity index (χ3v) is 4.13. The Morgan fingerprint density at radius 3 is 2.90 bits per heavy atom. The summed E-state index contributed by atoms with van der Waals surface area (Å²) in [7, 11) is 0. The van der Waals surface area contributed by atoms with E-state index < -0.39 is 0 Å². The van der Waals surface area contributed by atoms with E-state index in [1.54, 1.807) is 0 Å². The summed E-state index contributed by atoms with van der Waals surface area (Å²) < 4.78 is 5.32. The molecule has 0 amide bonds. The number of anilines is 1. The second kappa shape index (κ2) is 5.75. The zero-order chi connectivity index (χ0) is 13.9. The van der Waals surface area contributed by atoms with Crippen molar-refractivity contribution in [2.75, 3.05) is 18.5 Å². The predicted molar refractivity (Wildman–Crippen MR) is 76.6 cm³/mol. The van der Waals surface area contributed by atoms with Gasteiger partial charge in [0.05, 0.1) is 18.2 Å². The van der Waals surface area contributed by atoms with Gasteiger partial charge < -0.3 is 20.4 Å². The van der Waals surface area contributed by atoms with Crippen LogP contribution in [0.3, 0.4) is 0 Å². The van der Waals surface area contributed by atoms with E-state index in [1.807, 2.05) is 0 Å². The average Bonchev–Trinajstić information content (AvgIpc) is 2.87. The van der Waals surface area contributed by atoms with Crippen molar-refractivity contribution >= 4 is 12.0 Å². The molecular formula is C14H20N4O2. The minimum absolute atomic E-state index is 0.180. The van der Waals surface area contributed by atoms with Crippen molar-refractivity contribution in [2.24, 2.45) is 5.92 Å². The molecule has 1 aliphatic carbocycles. The molecule has 3 N–H and O–H groups in total. The van der Waals surface area contributed by atoms with Gasteiger partial charge in [-0.05, 0) is 12.3 Å². The van der Waals surface area contributed by atoms with Crippen molar-refractivity contribution in [1.82, 2.24) is 9.97 Å². The Bertz CT molecular complexity index is 545. The predicted octanol–water partition coefficient (Wildman–Crippen LogP) is 1.31. The molecule has 3 rings (SSSR count). The molecule has 0 bridgehead atoms. The summed E-state index contributed by atoms with van der Waals surface area (Å²) >= 11 is 0. The highest BCUT2D eigenvalue weighted by Gasteiger charge is 2.22. The summed E-state index contributed by atoms with van der Waals surface area (Å²) in [6.45, 7) is 1.36. The molecule has 20 heavy (non-hydrogen) atoms. The van der Waals surface area contributed by atoms with Crippen LogP contribution in [0.5, 0.6) is 0 Å². The zero-order valence-electron chi connectivity index (χ0n) is 11.4. The second-order valence-corrected chi connectivity index (χ2v) is 5.63. The van der Waals surface area contributed by atoms with Crippen LogP contribution in [-0.2, 0) is 11.2 Å². The van der Waals surface area contributed by atoms with Gasteiger partial charge in [0.15, 0.2) is 0 Å². The third-order valence-electron chi connectivity index (χ3n) is 4.13. The van der Waals surface area contributed by atoms with Crippen molar-refractivity contribution in [1.29, 1.82) is 5.41 Å². The molecule has 1 aromatic heterocycles. The van der Waals surface area contributed by atoms with E-state index in [9.17, 15) is 4.79 Å². The lowest BCUT2D eigenvalue weighted by atomic mass is 9.83. The van der Waals surface area contributed by atoms with Gasteiger partial charge in [-0.1, -0.05) is 19.3 Å². The van der Waals surface area contributed by atoms with Crippen molar-refractivity contribution in [3.05, 3.63) is 21.7 Å². The minimum Gasteiger partial charge on any atom is -0.379 e. The quantitative estimate of drug-likeness (QED) is 0.707. The molecular weight excluding hydrogens is 256 g/mol. The maximum Gasteiger partial charge on any atom is 0.261 e. The number of nitrogens with zero attached hydrogens (tertiary/aromatic N) is 1. The SMILES string of the molecule is N=Cc1c(NC2CCOC2)nc(CC2CCC2)[nH]c1=O. The van der Waals surface area contributed by atoms with Crippen LogP contribution >= 0.6 is 0 Å². The van der Waals surface area contributed by atoms with Gasteiger partial charge in [0.2, 0.25) is 0 Å². The summed E-state index contributed by atoms with van der Waals surface area (Å²) in [5.41, 5.74) is 0.0694. The number of nitrogens with one attached hydrogen (secondary N) is 3. The normalized spacial score (nSPS) is 22.5. The Labute approximate surface area is 117 Å². The number of H-pyrrole nitrogens is 1. The lowest BCUT2D eigenvalue weighted by Crippen LogP contribution is -2.27. The number of ether oxygens (including phenoxy) is 1. The van der Waals surface area contributed by atoms with Gasteiger partial charge in [-0.3, -0.25) is 4.79 Å². The maximum absolute atomic E-state index is 12.0. The molecule has 2 aliphatic rings. The van der Waals surface area contributed by atoms with E-state index in [2.05, 4.69) is 15.3 Å². The van der Waals surface area contributed by atoms with E-state index in [0.717, 1.165) is 31.5 Å². The fourth-order valence-electron chi connectivity index (χ4n) is 2.68. The highest BCUT2D eigenvalue weighted by atomic mass is 16.5. The van der Waals surface area contributed by atoms with Crippen molar-refractivity contribution < 1.29 is 4.74 Å². The number of aromatic nitrogens is 2. The van der Waals surface area contributed by atoms with Gasteiger partial charge in [-0.15, -0.1) is 0 Å². The lowest BCUT2D eigenvalue weighted by Gasteiger charge is -2.25. The fourth-order valence-corrected chi connectivity index (χ4v) is 2.68. The highest BCUT2D eigenvalue weighted by Crippen LogP contribution is 2.29. The van der Waals surface area contributed by atoms with Crippen LogP contribution in [0.4, 0.5) is 5.82 Å². The first-order chi connectivity index (χ1) is 9.76. The van der Waals surface area contributed by atoms with Gasteiger partial charge in [-0.25, -0.2) is 4.98 Å². The first-order valence-electron chi connectivity index (χ1n) is 7.24. The van der Waals surface area contributed by atoms with E-state index in [0.29, 0.717) is 23.9 Å². The second-order valence-electron chi connectivity index (χ2n) is 5.63. The number of hydrogen-bond acceptors (Lipinski definition) is 5. The molecule has 6 heteroatoms. The number of hydrogen-bond donors (Lipinski definition) is 3. The van der Waals surface area contributed by atoms with Crippen molar-refractivity contribution in [3.8, 4) is 0 Å². The van der Waals surface area contributed by atoms with Crippen LogP contribution in [0.25, 0.3) is 0 Å². The molecule has 0 radical (unpaired) electrons. The molecule has 1 aromatic rings. The summed E-state index contributed by atoms with van der Waals surface area (Å²) in [6, 6.07) is 0.180. The first-order valence-corrected chi connectivity index (χ1v) is 7.24. The number of aromatic amines is 1. The topological polar surface area (TPSA) is 90.9 Å². The molecule has 1 saturated carbocycles. The van der Waals surface area contributed by atoms with Crippen LogP contribution in [0.1, 0.15) is 37.1 Å². The van der Waals surface area contributed by atoms with Crippen LogP contribution in [0, 0.1) is 11.3 Å². The number of rotatable bonds is 5. The Balaban J connectivity index is 1.83. The zero-order valence-corrected chi connectivity index (χ0v) is 11.4. The van der Waals surface area contributed by atoms with E-state index in [-0.39, 0.29) is 11.6 Å². The molecule has 6 nitrogen and oxygen atoms in total. The standard InChI is InChI=1S/C14H20N4O2/c15-7-11-13(16-10-4-5-20-8-10)17-12(18-14(11)19)6-9-2-1-3-9/h7,9-10,15H,1-6,8H2,(H2,16,17,18,19). The Kier molecular flexibility index (Phi) is 3.82. The molecule has 0 aromatic carbocycles. The summed E-state index contributed by atoms with van der Waals surface area (Å²) in [5, 5.41) is 10.6. The molecule has 1 aliphatic heterocycles. The van der Waals surface area contributed by atoms with E-state index in [1.165, 1.54) is 19.3 Å². The molecule has 1 unspecified atom stereocenters. The van der Waals surface area contributed by atoms with Crippen molar-refractivity contribution in [2.45, 2.75) is 38.1 Å². The molecule has 108 valence electrons. The Morgan fingerprint density at radius 1 is 1.45 bits per heavy atom. The minimum atomic E-state index is -0.231. The van der Waals surface area contributed by atoms with Crippen molar-refractivity contribution in [3.63, 3.8) is 0 Å². The Hall–Kier alpha value is -1.69. The van der Waals surface area contributed by atoms with Gasteiger partial charge in [-0.2, -0.15) is 0 Å².